The number of rotatable bonds is 5. The van der Waals surface area contributed by atoms with E-state index < -0.39 is 17.9 Å². The van der Waals surface area contributed by atoms with E-state index >= 15 is 0 Å². The van der Waals surface area contributed by atoms with Crippen LogP contribution in [0.4, 0.5) is 4.39 Å². The number of benzene rings is 1. The van der Waals surface area contributed by atoms with Crippen LogP contribution in [-0.2, 0) is 9.53 Å². The van der Waals surface area contributed by atoms with Crippen LogP contribution in [0.1, 0.15) is 25.0 Å². The van der Waals surface area contributed by atoms with E-state index in [1.807, 2.05) is 0 Å². The van der Waals surface area contributed by atoms with Crippen molar-refractivity contribution in [2.75, 3.05) is 13.7 Å². The van der Waals surface area contributed by atoms with Gasteiger partial charge in [0.1, 0.15) is 0 Å². The van der Waals surface area contributed by atoms with Crippen LogP contribution < -0.4 is 4.74 Å². The molecule has 4 nitrogen and oxygen atoms in total. The molecule has 1 aromatic rings. The van der Waals surface area contributed by atoms with Crippen LogP contribution in [0.3, 0.4) is 0 Å². The van der Waals surface area contributed by atoms with Gasteiger partial charge >= 0.3 is 5.97 Å². The van der Waals surface area contributed by atoms with Crippen molar-refractivity contribution in [1.29, 1.82) is 0 Å². The molecule has 0 radical (unpaired) electrons. The molecule has 0 spiro atoms. The molecule has 1 atom stereocenters. The Balaban J connectivity index is 2.75. The number of methoxy groups -OCH3 is 1. The summed E-state index contributed by atoms with van der Waals surface area (Å²) in [7, 11) is 1.33. The molecule has 0 aliphatic rings. The summed E-state index contributed by atoms with van der Waals surface area (Å²) in [6.45, 7) is 1.95. The minimum Gasteiger partial charge on any atom is -0.494 e. The summed E-state index contributed by atoms with van der Waals surface area (Å²) in [6, 6.07) is 3.95. The highest BCUT2D eigenvalue weighted by Crippen LogP contribution is 2.24. The summed E-state index contributed by atoms with van der Waals surface area (Å²) in [5.41, 5.74) is 0.413. The number of aliphatic hydroxyl groups excluding tert-OH is 1. The van der Waals surface area contributed by atoms with E-state index in [1.54, 1.807) is 6.92 Å². The van der Waals surface area contributed by atoms with Crippen molar-refractivity contribution in [2.24, 2.45) is 0 Å². The van der Waals surface area contributed by atoms with Crippen molar-refractivity contribution >= 4 is 5.97 Å². The van der Waals surface area contributed by atoms with Crippen molar-refractivity contribution < 1.29 is 23.8 Å². The Hall–Kier alpha value is -1.62. The quantitative estimate of drug-likeness (QED) is 0.800. The standard InChI is InChI=1S/C12H15FO4/c1-3-17-12(15)7-10(14)8-4-5-9(13)11(6-8)16-2/h4-6,10,14H,3,7H2,1-2H3. The molecule has 0 fully saturated rings. The molecule has 1 N–H and O–H groups in total. The minimum atomic E-state index is -1.02. The zero-order valence-electron chi connectivity index (χ0n) is 9.77. The number of halogens is 1. The maximum absolute atomic E-state index is 13.1. The molecule has 0 aliphatic carbocycles. The molecule has 0 aliphatic heterocycles. The second-order valence-electron chi connectivity index (χ2n) is 3.42. The fourth-order valence-corrected chi connectivity index (χ4v) is 1.38. The predicted octanol–water partition coefficient (Wildman–Crippen LogP) is 1.82. The average Bonchev–Trinajstić information content (AvgIpc) is 2.29. The van der Waals surface area contributed by atoms with E-state index in [9.17, 15) is 14.3 Å². The van der Waals surface area contributed by atoms with Crippen LogP contribution in [0.15, 0.2) is 18.2 Å². The molecule has 1 aromatic carbocycles. The molecule has 0 bridgehead atoms. The topological polar surface area (TPSA) is 55.8 Å². The lowest BCUT2D eigenvalue weighted by molar-refractivity contribution is -0.145. The van der Waals surface area contributed by atoms with E-state index in [1.165, 1.54) is 25.3 Å². The number of ether oxygens (including phenoxy) is 2. The first-order valence-corrected chi connectivity index (χ1v) is 5.25. The van der Waals surface area contributed by atoms with Gasteiger partial charge in [-0.25, -0.2) is 4.39 Å². The monoisotopic (exact) mass is 242 g/mol. The highest BCUT2D eigenvalue weighted by atomic mass is 19.1. The lowest BCUT2D eigenvalue weighted by Crippen LogP contribution is -2.10. The largest absolute Gasteiger partial charge is 0.494 e. The summed E-state index contributed by atoms with van der Waals surface area (Å²) >= 11 is 0. The van der Waals surface area contributed by atoms with Crippen LogP contribution in [0.2, 0.25) is 0 Å². The molecule has 0 aromatic heterocycles. The molecule has 17 heavy (non-hydrogen) atoms. The van der Waals surface area contributed by atoms with Crippen LogP contribution >= 0.6 is 0 Å². The van der Waals surface area contributed by atoms with E-state index in [0.29, 0.717) is 5.56 Å². The van der Waals surface area contributed by atoms with Gasteiger partial charge in [-0.1, -0.05) is 6.07 Å². The molecular formula is C12H15FO4. The van der Waals surface area contributed by atoms with Crippen LogP contribution in [0.25, 0.3) is 0 Å². The first kappa shape index (κ1) is 13.4. The van der Waals surface area contributed by atoms with Gasteiger partial charge in [0, 0.05) is 0 Å². The SMILES string of the molecule is CCOC(=O)CC(O)c1ccc(F)c(OC)c1. The first-order valence-electron chi connectivity index (χ1n) is 5.25. The zero-order valence-corrected chi connectivity index (χ0v) is 9.77. The van der Waals surface area contributed by atoms with Gasteiger partial charge in [-0.15, -0.1) is 0 Å². The van der Waals surface area contributed by atoms with Gasteiger partial charge in [0.15, 0.2) is 11.6 Å². The van der Waals surface area contributed by atoms with E-state index in [4.69, 9.17) is 9.47 Å². The Morgan fingerprint density at radius 1 is 1.53 bits per heavy atom. The fourth-order valence-electron chi connectivity index (χ4n) is 1.38. The summed E-state index contributed by atoms with van der Waals surface area (Å²) in [5.74, 6) is -0.978. The van der Waals surface area contributed by atoms with Gasteiger partial charge in [-0.2, -0.15) is 0 Å². The number of carbonyl (C=O) groups excluding carboxylic acids is 1. The fraction of sp³-hybridized carbons (Fsp3) is 0.417. The number of aliphatic hydroxyl groups is 1. The highest BCUT2D eigenvalue weighted by Gasteiger charge is 2.15. The molecule has 1 unspecified atom stereocenters. The minimum absolute atomic E-state index is 0.0328. The molecule has 1 rings (SSSR count). The molecule has 0 amide bonds. The second-order valence-corrected chi connectivity index (χ2v) is 3.42. The Morgan fingerprint density at radius 3 is 2.82 bits per heavy atom. The van der Waals surface area contributed by atoms with E-state index in [2.05, 4.69) is 0 Å². The Morgan fingerprint density at radius 2 is 2.24 bits per heavy atom. The Labute approximate surface area is 99.0 Å². The van der Waals surface area contributed by atoms with Crippen molar-refractivity contribution in [1.82, 2.24) is 0 Å². The number of esters is 1. The zero-order chi connectivity index (χ0) is 12.8. The van der Waals surface area contributed by atoms with Gasteiger partial charge in [0.05, 0.1) is 26.2 Å². The summed E-state index contributed by atoms with van der Waals surface area (Å²) in [4.78, 5) is 11.2. The van der Waals surface area contributed by atoms with E-state index in [0.717, 1.165) is 0 Å². The van der Waals surface area contributed by atoms with Crippen molar-refractivity contribution in [2.45, 2.75) is 19.4 Å². The molecule has 0 saturated heterocycles. The van der Waals surface area contributed by atoms with Crippen molar-refractivity contribution in [3.63, 3.8) is 0 Å². The summed E-state index contributed by atoms with van der Waals surface area (Å²) in [5, 5.41) is 9.75. The van der Waals surface area contributed by atoms with Crippen molar-refractivity contribution in [3.8, 4) is 5.75 Å². The molecule has 94 valence electrons. The maximum Gasteiger partial charge on any atom is 0.308 e. The molecule has 0 saturated carbocycles. The second kappa shape index (κ2) is 6.20. The third kappa shape index (κ3) is 3.71. The third-order valence-corrected chi connectivity index (χ3v) is 2.23. The predicted molar refractivity (Wildman–Crippen MR) is 59.2 cm³/mol. The lowest BCUT2D eigenvalue weighted by Gasteiger charge is -2.11. The summed E-state index contributed by atoms with van der Waals surface area (Å²) < 4.78 is 22.6. The average molecular weight is 242 g/mol. The van der Waals surface area contributed by atoms with Crippen LogP contribution in [0.5, 0.6) is 5.75 Å². The molecular weight excluding hydrogens is 227 g/mol. The molecule has 5 heteroatoms. The van der Waals surface area contributed by atoms with Crippen LogP contribution in [-0.4, -0.2) is 24.8 Å². The van der Waals surface area contributed by atoms with Gasteiger partial charge in [-0.05, 0) is 24.6 Å². The van der Waals surface area contributed by atoms with Crippen molar-refractivity contribution in [3.05, 3.63) is 29.6 Å². The smallest absolute Gasteiger partial charge is 0.308 e. The van der Waals surface area contributed by atoms with E-state index in [-0.39, 0.29) is 18.8 Å². The number of hydrogen-bond donors (Lipinski definition) is 1. The third-order valence-electron chi connectivity index (χ3n) is 2.23. The van der Waals surface area contributed by atoms with Gasteiger partial charge < -0.3 is 14.6 Å². The number of hydrogen-bond acceptors (Lipinski definition) is 4. The Kier molecular flexibility index (Phi) is 4.90. The highest BCUT2D eigenvalue weighted by molar-refractivity contribution is 5.70. The van der Waals surface area contributed by atoms with Gasteiger partial charge in [-0.3, -0.25) is 4.79 Å². The van der Waals surface area contributed by atoms with Gasteiger partial charge in [0.2, 0.25) is 0 Å². The first-order chi connectivity index (χ1) is 8.08. The normalized spacial score (nSPS) is 12.0. The summed E-state index contributed by atoms with van der Waals surface area (Å²) in [6.07, 6.45) is -1.19. The molecule has 0 heterocycles. The van der Waals surface area contributed by atoms with Crippen LogP contribution in [0, 0.1) is 5.82 Å². The number of carbonyl (C=O) groups is 1. The Bertz CT molecular complexity index is 392. The maximum atomic E-state index is 13.1. The lowest BCUT2D eigenvalue weighted by atomic mass is 10.1. The van der Waals surface area contributed by atoms with Gasteiger partial charge in [0.25, 0.3) is 0 Å².